The first-order valence-electron chi connectivity index (χ1n) is 6.43. The minimum absolute atomic E-state index is 0.0962. The smallest absolute Gasteiger partial charge is 0.127 e. The minimum Gasteiger partial charge on any atom is -0.493 e. The highest BCUT2D eigenvalue weighted by Gasteiger charge is 2.22. The lowest BCUT2D eigenvalue weighted by molar-refractivity contribution is 0.350. The molecule has 0 bridgehead atoms. The van der Waals surface area contributed by atoms with Gasteiger partial charge in [-0.15, -0.1) is 0 Å². The minimum atomic E-state index is -0.0962. The average Bonchev–Trinajstić information content (AvgIpc) is 2.91. The molecule has 4 heteroatoms. The third-order valence-corrected chi connectivity index (χ3v) is 3.49. The van der Waals surface area contributed by atoms with Gasteiger partial charge >= 0.3 is 0 Å². The van der Waals surface area contributed by atoms with Crippen LogP contribution < -0.4 is 16.0 Å². The highest BCUT2D eigenvalue weighted by Crippen LogP contribution is 2.35. The summed E-state index contributed by atoms with van der Waals surface area (Å²) >= 11 is 0. The average molecular weight is 255 g/mol. The van der Waals surface area contributed by atoms with E-state index in [0.717, 1.165) is 35.6 Å². The normalized spacial score (nSPS) is 14.8. The highest BCUT2D eigenvalue weighted by atomic mass is 16.5. The van der Waals surface area contributed by atoms with Crippen LogP contribution in [0, 0.1) is 6.92 Å². The Balaban J connectivity index is 2.03. The van der Waals surface area contributed by atoms with Crippen LogP contribution in [0.25, 0.3) is 0 Å². The summed E-state index contributed by atoms with van der Waals surface area (Å²) in [6.07, 6.45) is 2.82. The Morgan fingerprint density at radius 2 is 2.21 bits per heavy atom. The van der Waals surface area contributed by atoms with E-state index in [1.165, 1.54) is 5.56 Å². The van der Waals surface area contributed by atoms with Crippen molar-refractivity contribution in [3.8, 4) is 5.75 Å². The second-order valence-electron chi connectivity index (χ2n) is 4.77. The summed E-state index contributed by atoms with van der Waals surface area (Å²) < 4.78 is 5.74. The zero-order chi connectivity index (χ0) is 13.2. The van der Waals surface area contributed by atoms with Crippen LogP contribution in [0.4, 0.5) is 0 Å². The highest BCUT2D eigenvalue weighted by molar-refractivity contribution is 5.48. The molecule has 1 aliphatic heterocycles. The fourth-order valence-corrected chi connectivity index (χ4v) is 2.48. The fraction of sp³-hybridized carbons (Fsp3) is 0.267. The monoisotopic (exact) mass is 255 g/mol. The lowest BCUT2D eigenvalue weighted by atomic mass is 9.97. The van der Waals surface area contributed by atoms with Crippen molar-refractivity contribution in [3.05, 3.63) is 58.9 Å². The molecule has 0 radical (unpaired) electrons. The molecule has 1 aliphatic rings. The van der Waals surface area contributed by atoms with Gasteiger partial charge in [-0.1, -0.05) is 24.3 Å². The van der Waals surface area contributed by atoms with Crippen LogP contribution in [0.15, 0.2) is 36.5 Å². The number of fused-ring (bicyclic) bond motifs is 1. The zero-order valence-corrected chi connectivity index (χ0v) is 10.9. The van der Waals surface area contributed by atoms with Crippen molar-refractivity contribution < 1.29 is 4.74 Å². The van der Waals surface area contributed by atoms with E-state index in [1.54, 1.807) is 0 Å². The van der Waals surface area contributed by atoms with Crippen molar-refractivity contribution in [3.63, 3.8) is 0 Å². The molecule has 1 aromatic heterocycles. The third kappa shape index (κ3) is 2.20. The first-order chi connectivity index (χ1) is 9.29. The van der Waals surface area contributed by atoms with Crippen LogP contribution in [-0.4, -0.2) is 11.6 Å². The van der Waals surface area contributed by atoms with Gasteiger partial charge in [0.15, 0.2) is 0 Å². The number of nitrogens with one attached hydrogen (secondary N) is 1. The van der Waals surface area contributed by atoms with Crippen LogP contribution in [0.3, 0.4) is 0 Å². The Hall–Kier alpha value is -1.91. The largest absolute Gasteiger partial charge is 0.493 e. The summed E-state index contributed by atoms with van der Waals surface area (Å²) in [7, 11) is 0. The van der Waals surface area contributed by atoms with Crippen LogP contribution in [0.1, 0.15) is 28.4 Å². The number of pyridine rings is 1. The molecule has 98 valence electrons. The standard InChI is InChI=1S/C15H17N3O/c1-10-5-6-12(9-17-10)14(18-16)13-4-2-3-11-7-8-19-15(11)13/h2-6,9,14,18H,7-8,16H2,1H3. The zero-order valence-electron chi connectivity index (χ0n) is 10.9. The van der Waals surface area contributed by atoms with Gasteiger partial charge in [0.1, 0.15) is 5.75 Å². The number of aryl methyl sites for hydroxylation is 1. The third-order valence-electron chi connectivity index (χ3n) is 3.49. The first-order valence-corrected chi connectivity index (χ1v) is 6.43. The number of benzene rings is 1. The number of para-hydroxylation sites is 1. The number of aromatic nitrogens is 1. The molecule has 1 aromatic carbocycles. The summed E-state index contributed by atoms with van der Waals surface area (Å²) in [5.41, 5.74) is 7.22. The van der Waals surface area contributed by atoms with Gasteiger partial charge < -0.3 is 4.74 Å². The molecule has 19 heavy (non-hydrogen) atoms. The predicted octanol–water partition coefficient (Wildman–Crippen LogP) is 1.88. The molecule has 3 rings (SSSR count). The number of hydrogen-bond acceptors (Lipinski definition) is 4. The molecule has 0 aliphatic carbocycles. The molecule has 4 nitrogen and oxygen atoms in total. The molecule has 0 spiro atoms. The van der Waals surface area contributed by atoms with Crippen molar-refractivity contribution in [2.75, 3.05) is 6.61 Å². The topological polar surface area (TPSA) is 60.2 Å². The molecule has 0 fully saturated rings. The Bertz CT molecular complexity index is 580. The summed E-state index contributed by atoms with van der Waals surface area (Å²) in [4.78, 5) is 4.33. The van der Waals surface area contributed by atoms with Crippen LogP contribution in [0.2, 0.25) is 0 Å². The molecule has 2 aromatic rings. The van der Waals surface area contributed by atoms with Gasteiger partial charge in [-0.25, -0.2) is 5.43 Å². The predicted molar refractivity (Wildman–Crippen MR) is 73.8 cm³/mol. The van der Waals surface area contributed by atoms with E-state index in [-0.39, 0.29) is 6.04 Å². The number of hydrazine groups is 1. The van der Waals surface area contributed by atoms with E-state index in [1.807, 2.05) is 25.3 Å². The van der Waals surface area contributed by atoms with Gasteiger partial charge in [0.05, 0.1) is 12.6 Å². The van der Waals surface area contributed by atoms with Crippen LogP contribution in [-0.2, 0) is 6.42 Å². The van der Waals surface area contributed by atoms with E-state index >= 15 is 0 Å². The molecule has 1 unspecified atom stereocenters. The molecular weight excluding hydrogens is 238 g/mol. The maximum Gasteiger partial charge on any atom is 0.127 e. The first kappa shape index (κ1) is 12.1. The van der Waals surface area contributed by atoms with Crippen LogP contribution in [0.5, 0.6) is 5.75 Å². The lowest BCUT2D eigenvalue weighted by Crippen LogP contribution is -2.29. The molecule has 1 atom stereocenters. The number of nitrogens with two attached hydrogens (primary N) is 1. The van der Waals surface area contributed by atoms with Gasteiger partial charge in [-0.2, -0.15) is 0 Å². The quantitative estimate of drug-likeness (QED) is 0.649. The van der Waals surface area contributed by atoms with Gasteiger partial charge in [0.25, 0.3) is 0 Å². The van der Waals surface area contributed by atoms with E-state index in [9.17, 15) is 0 Å². The van der Waals surface area contributed by atoms with Gasteiger partial charge in [0.2, 0.25) is 0 Å². The molecule has 0 amide bonds. The summed E-state index contributed by atoms with van der Waals surface area (Å²) in [5, 5.41) is 0. The second kappa shape index (κ2) is 4.99. The SMILES string of the molecule is Cc1ccc(C(NN)c2cccc3c2OCC3)cn1. The van der Waals surface area contributed by atoms with E-state index < -0.39 is 0 Å². The van der Waals surface area contributed by atoms with Crippen molar-refractivity contribution >= 4 is 0 Å². The number of hydrogen-bond donors (Lipinski definition) is 2. The van der Waals surface area contributed by atoms with Crippen LogP contribution >= 0.6 is 0 Å². The van der Waals surface area contributed by atoms with Gasteiger partial charge in [-0.05, 0) is 24.1 Å². The number of rotatable bonds is 3. The van der Waals surface area contributed by atoms with Gasteiger partial charge in [-0.3, -0.25) is 10.8 Å². The summed E-state index contributed by atoms with van der Waals surface area (Å²) in [5.74, 6) is 6.70. The van der Waals surface area contributed by atoms with E-state index in [4.69, 9.17) is 10.6 Å². The Morgan fingerprint density at radius 1 is 1.32 bits per heavy atom. The van der Waals surface area contributed by atoms with Crippen molar-refractivity contribution in [2.24, 2.45) is 5.84 Å². The van der Waals surface area contributed by atoms with Crippen molar-refractivity contribution in [1.29, 1.82) is 0 Å². The lowest BCUT2D eigenvalue weighted by Gasteiger charge is -2.19. The second-order valence-corrected chi connectivity index (χ2v) is 4.77. The molecule has 2 heterocycles. The Labute approximate surface area is 112 Å². The fourth-order valence-electron chi connectivity index (χ4n) is 2.48. The molecular formula is C15H17N3O. The Kier molecular flexibility index (Phi) is 3.19. The van der Waals surface area contributed by atoms with Crippen molar-refractivity contribution in [2.45, 2.75) is 19.4 Å². The Morgan fingerprint density at radius 3 is 2.95 bits per heavy atom. The maximum atomic E-state index is 5.74. The van der Waals surface area contributed by atoms with Crippen molar-refractivity contribution in [1.82, 2.24) is 10.4 Å². The van der Waals surface area contributed by atoms with E-state index in [0.29, 0.717) is 0 Å². The van der Waals surface area contributed by atoms with E-state index in [2.05, 4.69) is 28.6 Å². The van der Waals surface area contributed by atoms with Gasteiger partial charge in [0, 0.05) is 23.9 Å². The summed E-state index contributed by atoms with van der Waals surface area (Å²) in [6, 6.07) is 10.1. The molecule has 0 saturated heterocycles. The number of ether oxygens (including phenoxy) is 1. The number of nitrogens with zero attached hydrogens (tertiary/aromatic N) is 1. The maximum absolute atomic E-state index is 5.74. The molecule has 0 saturated carbocycles. The summed E-state index contributed by atoms with van der Waals surface area (Å²) in [6.45, 7) is 2.72. The molecule has 3 N–H and O–H groups in total.